The monoisotopic (exact) mass is 322 g/mol. The summed E-state index contributed by atoms with van der Waals surface area (Å²) in [6.07, 6.45) is -1.58. The van der Waals surface area contributed by atoms with Crippen LogP contribution in [0.2, 0.25) is 0 Å². The van der Waals surface area contributed by atoms with Gasteiger partial charge in [-0.1, -0.05) is 0 Å². The Morgan fingerprint density at radius 1 is 1.39 bits per heavy atom. The van der Waals surface area contributed by atoms with Gasteiger partial charge in [0.25, 0.3) is 0 Å². The molecule has 0 aliphatic carbocycles. The van der Waals surface area contributed by atoms with Gasteiger partial charge in [-0.3, -0.25) is 4.99 Å². The van der Waals surface area contributed by atoms with Gasteiger partial charge >= 0.3 is 0 Å². The van der Waals surface area contributed by atoms with Crippen LogP contribution in [0.3, 0.4) is 0 Å². The minimum absolute atomic E-state index is 0.148. The van der Waals surface area contributed by atoms with Gasteiger partial charge in [0.2, 0.25) is 0 Å². The molecule has 3 rings (SSSR count). The Morgan fingerprint density at radius 3 is 2.70 bits per heavy atom. The molecule has 0 bridgehead atoms. The van der Waals surface area contributed by atoms with E-state index in [0.717, 1.165) is 5.69 Å². The van der Waals surface area contributed by atoms with Gasteiger partial charge in [-0.2, -0.15) is 5.10 Å². The number of aliphatic imine (C=N–C) groups is 1. The van der Waals surface area contributed by atoms with E-state index in [4.69, 9.17) is 19.9 Å². The van der Waals surface area contributed by atoms with Gasteiger partial charge in [-0.15, -0.1) is 0 Å². The average Bonchev–Trinajstić information content (AvgIpc) is 3.16. The van der Waals surface area contributed by atoms with Crippen molar-refractivity contribution in [1.82, 2.24) is 4.68 Å². The molecule has 0 aromatic carbocycles. The standard InChI is InChI=1S/C15H22N4O4/c1-15(2)22-12-10(7-20)21-11(13(12)23-15)8-5-6-9(14(16)17-3)19(8)18-4/h5-6,10-13,20H,4,7H2,1-3H3,(H2,16,17). The third-order valence-electron chi connectivity index (χ3n) is 4.15. The van der Waals surface area contributed by atoms with Gasteiger partial charge in [0.15, 0.2) is 5.79 Å². The first kappa shape index (κ1) is 16.1. The summed E-state index contributed by atoms with van der Waals surface area (Å²) in [6, 6.07) is 3.65. The number of ether oxygens (including phenoxy) is 3. The second-order valence-electron chi connectivity index (χ2n) is 6.05. The first-order chi connectivity index (χ1) is 10.9. The molecule has 0 radical (unpaired) electrons. The molecule has 4 atom stereocenters. The van der Waals surface area contributed by atoms with Crippen molar-refractivity contribution >= 4 is 12.6 Å². The number of aliphatic hydroxyl groups excluding tert-OH is 1. The SMILES string of the molecule is C=Nn1c(C(N)=NC)ccc1C1OC(CO)C2OC(C)(C)OC12. The fourth-order valence-electron chi connectivity index (χ4n) is 3.19. The largest absolute Gasteiger partial charge is 0.394 e. The highest BCUT2D eigenvalue weighted by molar-refractivity contribution is 5.96. The quantitative estimate of drug-likeness (QED) is 0.610. The van der Waals surface area contributed by atoms with Crippen molar-refractivity contribution in [2.24, 2.45) is 15.8 Å². The van der Waals surface area contributed by atoms with Crippen molar-refractivity contribution in [3.8, 4) is 0 Å². The predicted molar refractivity (Wildman–Crippen MR) is 84.6 cm³/mol. The molecule has 2 aliphatic heterocycles. The maximum absolute atomic E-state index is 9.56. The first-order valence-corrected chi connectivity index (χ1v) is 7.45. The van der Waals surface area contributed by atoms with E-state index < -0.39 is 18.0 Å². The Hall–Kier alpha value is -1.74. The van der Waals surface area contributed by atoms with Crippen molar-refractivity contribution in [3.63, 3.8) is 0 Å². The average molecular weight is 322 g/mol. The molecule has 1 aromatic rings. The summed E-state index contributed by atoms with van der Waals surface area (Å²) in [6.45, 7) is 7.13. The van der Waals surface area contributed by atoms with Gasteiger partial charge in [0, 0.05) is 13.8 Å². The minimum Gasteiger partial charge on any atom is -0.394 e. The minimum atomic E-state index is -0.726. The number of aromatic nitrogens is 1. The second kappa shape index (κ2) is 5.72. The Morgan fingerprint density at radius 2 is 2.09 bits per heavy atom. The molecule has 0 spiro atoms. The third-order valence-corrected chi connectivity index (χ3v) is 4.15. The van der Waals surface area contributed by atoms with Gasteiger partial charge in [-0.25, -0.2) is 4.68 Å². The maximum Gasteiger partial charge on any atom is 0.164 e. The van der Waals surface area contributed by atoms with Crippen LogP contribution in [0.15, 0.2) is 22.2 Å². The highest BCUT2D eigenvalue weighted by Gasteiger charge is 2.56. The first-order valence-electron chi connectivity index (χ1n) is 7.45. The lowest BCUT2D eigenvalue weighted by Gasteiger charge is -2.23. The molecule has 23 heavy (non-hydrogen) atoms. The van der Waals surface area contributed by atoms with Crippen LogP contribution in [0.25, 0.3) is 0 Å². The zero-order valence-electron chi connectivity index (χ0n) is 13.5. The summed E-state index contributed by atoms with van der Waals surface area (Å²) in [7, 11) is 1.61. The molecule has 3 heterocycles. The Labute approximate surface area is 134 Å². The number of nitrogens with two attached hydrogens (primary N) is 1. The fraction of sp³-hybridized carbons (Fsp3) is 0.600. The zero-order valence-corrected chi connectivity index (χ0v) is 13.5. The van der Waals surface area contributed by atoms with Crippen LogP contribution in [-0.2, 0) is 14.2 Å². The van der Waals surface area contributed by atoms with Crippen LogP contribution in [0.4, 0.5) is 0 Å². The topological polar surface area (TPSA) is 104 Å². The Balaban J connectivity index is 1.99. The zero-order chi connectivity index (χ0) is 16.8. The van der Waals surface area contributed by atoms with E-state index in [0.29, 0.717) is 11.5 Å². The molecule has 4 unspecified atom stereocenters. The van der Waals surface area contributed by atoms with E-state index in [2.05, 4.69) is 16.8 Å². The number of hydrogen-bond donors (Lipinski definition) is 2. The van der Waals surface area contributed by atoms with Crippen molar-refractivity contribution < 1.29 is 19.3 Å². The molecule has 2 saturated heterocycles. The smallest absolute Gasteiger partial charge is 0.164 e. The fourth-order valence-corrected chi connectivity index (χ4v) is 3.19. The normalized spacial score (nSPS) is 33.0. The second-order valence-corrected chi connectivity index (χ2v) is 6.05. The molecule has 126 valence electrons. The van der Waals surface area contributed by atoms with Crippen LogP contribution in [0.5, 0.6) is 0 Å². The summed E-state index contributed by atoms with van der Waals surface area (Å²) < 4.78 is 19.4. The predicted octanol–water partition coefficient (Wildman–Crippen LogP) is 0.239. The van der Waals surface area contributed by atoms with E-state index in [1.807, 2.05) is 19.9 Å². The van der Waals surface area contributed by atoms with Gasteiger partial charge in [0.1, 0.15) is 35.9 Å². The van der Waals surface area contributed by atoms with E-state index in [1.54, 1.807) is 17.8 Å². The molecule has 3 N–H and O–H groups in total. The number of nitrogens with zero attached hydrogens (tertiary/aromatic N) is 3. The van der Waals surface area contributed by atoms with Crippen molar-refractivity contribution in [3.05, 3.63) is 23.5 Å². The van der Waals surface area contributed by atoms with Crippen LogP contribution in [0.1, 0.15) is 31.3 Å². The molecule has 0 saturated carbocycles. The summed E-state index contributed by atoms with van der Waals surface area (Å²) in [5.41, 5.74) is 7.25. The third kappa shape index (κ3) is 2.57. The molecule has 8 heteroatoms. The number of hydrogen-bond acceptors (Lipinski definition) is 6. The maximum atomic E-state index is 9.56. The van der Waals surface area contributed by atoms with Crippen LogP contribution in [0, 0.1) is 0 Å². The molecule has 0 amide bonds. The molecular formula is C15H22N4O4. The van der Waals surface area contributed by atoms with E-state index in [-0.39, 0.29) is 18.8 Å². The highest BCUT2D eigenvalue weighted by Crippen LogP contribution is 2.45. The van der Waals surface area contributed by atoms with Crippen molar-refractivity contribution in [2.75, 3.05) is 13.7 Å². The van der Waals surface area contributed by atoms with E-state index in [9.17, 15) is 5.11 Å². The van der Waals surface area contributed by atoms with Crippen molar-refractivity contribution in [2.45, 2.75) is 44.1 Å². The Bertz CT molecular complexity index is 639. The summed E-state index contributed by atoms with van der Waals surface area (Å²) >= 11 is 0. The van der Waals surface area contributed by atoms with Gasteiger partial charge in [-0.05, 0) is 26.0 Å². The molecule has 2 aliphatic rings. The lowest BCUT2D eigenvalue weighted by molar-refractivity contribution is -0.191. The highest BCUT2D eigenvalue weighted by atomic mass is 16.8. The summed E-state index contributed by atoms with van der Waals surface area (Å²) in [5.74, 6) is -0.378. The number of fused-ring (bicyclic) bond motifs is 1. The molecule has 2 fully saturated rings. The lowest BCUT2D eigenvalue weighted by atomic mass is 10.1. The Kier molecular flexibility index (Phi) is 4.01. The molecular weight excluding hydrogens is 300 g/mol. The van der Waals surface area contributed by atoms with Crippen LogP contribution in [-0.4, -0.2) is 60.1 Å². The lowest BCUT2D eigenvalue weighted by Crippen LogP contribution is -2.31. The van der Waals surface area contributed by atoms with E-state index >= 15 is 0 Å². The van der Waals surface area contributed by atoms with Crippen molar-refractivity contribution in [1.29, 1.82) is 0 Å². The summed E-state index contributed by atoms with van der Waals surface area (Å²) in [5, 5.41) is 13.6. The number of aliphatic hydroxyl groups is 1. The van der Waals surface area contributed by atoms with Gasteiger partial charge < -0.3 is 25.1 Å². The summed E-state index contributed by atoms with van der Waals surface area (Å²) in [4.78, 5) is 3.98. The van der Waals surface area contributed by atoms with Crippen LogP contribution >= 0.6 is 0 Å². The number of rotatable bonds is 4. The van der Waals surface area contributed by atoms with Gasteiger partial charge in [0.05, 0.1) is 12.3 Å². The molecule has 8 nitrogen and oxygen atoms in total. The van der Waals surface area contributed by atoms with E-state index in [1.165, 1.54) is 0 Å². The molecule has 1 aromatic heterocycles. The number of amidine groups is 1. The van der Waals surface area contributed by atoms with Crippen LogP contribution < -0.4 is 5.73 Å².